The van der Waals surface area contributed by atoms with E-state index in [-0.39, 0.29) is 5.91 Å². The van der Waals surface area contributed by atoms with E-state index < -0.39 is 0 Å². The highest BCUT2D eigenvalue weighted by Gasteiger charge is 2.08. The van der Waals surface area contributed by atoms with Gasteiger partial charge in [-0.15, -0.1) is 11.8 Å². The van der Waals surface area contributed by atoms with Crippen molar-refractivity contribution in [2.75, 3.05) is 16.8 Å². The van der Waals surface area contributed by atoms with Crippen molar-refractivity contribution in [2.45, 2.75) is 11.8 Å². The summed E-state index contributed by atoms with van der Waals surface area (Å²) >= 11 is 10.8. The maximum atomic E-state index is 12.0. The van der Waals surface area contributed by atoms with Crippen LogP contribution in [0, 0.1) is 6.92 Å². The van der Waals surface area contributed by atoms with E-state index in [0.29, 0.717) is 16.5 Å². The van der Waals surface area contributed by atoms with Gasteiger partial charge in [0.1, 0.15) is 0 Å². The molecule has 0 aliphatic carbocycles. The number of nitrogens with one attached hydrogen (secondary N) is 1. The van der Waals surface area contributed by atoms with E-state index in [4.69, 9.17) is 17.3 Å². The first-order valence-electron chi connectivity index (χ1n) is 6.19. The monoisotopic (exact) mass is 384 g/mol. The van der Waals surface area contributed by atoms with E-state index in [1.165, 1.54) is 11.8 Å². The van der Waals surface area contributed by atoms with Gasteiger partial charge in [-0.25, -0.2) is 0 Å². The van der Waals surface area contributed by atoms with Crippen LogP contribution in [0.5, 0.6) is 0 Å². The molecule has 2 aromatic rings. The Hall–Kier alpha value is -1.17. The van der Waals surface area contributed by atoms with Gasteiger partial charge in [-0.3, -0.25) is 4.79 Å². The fourth-order valence-electron chi connectivity index (χ4n) is 1.73. The Kier molecular flexibility index (Phi) is 5.56. The van der Waals surface area contributed by atoms with E-state index >= 15 is 0 Å². The van der Waals surface area contributed by atoms with Gasteiger partial charge in [0, 0.05) is 25.8 Å². The van der Waals surface area contributed by atoms with E-state index in [9.17, 15) is 4.79 Å². The number of hydrogen-bond acceptors (Lipinski definition) is 3. The molecule has 0 unspecified atom stereocenters. The second kappa shape index (κ2) is 7.20. The summed E-state index contributed by atoms with van der Waals surface area (Å²) in [5.74, 6) is 0.263. The van der Waals surface area contributed by atoms with Crippen LogP contribution in [-0.4, -0.2) is 11.7 Å². The Labute approximate surface area is 141 Å². The summed E-state index contributed by atoms with van der Waals surface area (Å²) in [6.07, 6.45) is 0. The number of nitrogen functional groups attached to an aromatic ring is 1. The van der Waals surface area contributed by atoms with Gasteiger partial charge < -0.3 is 11.1 Å². The number of aryl methyl sites for hydroxylation is 1. The third-order valence-corrected chi connectivity index (χ3v) is 5.00. The largest absolute Gasteiger partial charge is 0.399 e. The molecule has 0 aromatic heterocycles. The Morgan fingerprint density at radius 1 is 1.33 bits per heavy atom. The Balaban J connectivity index is 1.96. The number of carbonyl (C=O) groups is 1. The first-order chi connectivity index (χ1) is 9.95. The Morgan fingerprint density at radius 3 is 2.76 bits per heavy atom. The van der Waals surface area contributed by atoms with Gasteiger partial charge in [0.2, 0.25) is 5.91 Å². The highest BCUT2D eigenvalue weighted by Crippen LogP contribution is 2.29. The molecule has 2 aromatic carbocycles. The summed E-state index contributed by atoms with van der Waals surface area (Å²) in [5.41, 5.74) is 8.09. The van der Waals surface area contributed by atoms with E-state index in [1.54, 1.807) is 12.1 Å². The summed E-state index contributed by atoms with van der Waals surface area (Å²) in [4.78, 5) is 13.0. The second-order valence-electron chi connectivity index (χ2n) is 4.49. The molecule has 0 aliphatic rings. The molecule has 21 heavy (non-hydrogen) atoms. The van der Waals surface area contributed by atoms with Gasteiger partial charge in [0.25, 0.3) is 0 Å². The van der Waals surface area contributed by atoms with Crippen LogP contribution < -0.4 is 11.1 Å². The van der Waals surface area contributed by atoms with Crippen molar-refractivity contribution < 1.29 is 4.79 Å². The van der Waals surface area contributed by atoms with E-state index in [1.807, 2.05) is 31.2 Å². The molecule has 2 rings (SSSR count). The molecule has 3 nitrogen and oxygen atoms in total. The molecule has 0 heterocycles. The molecule has 0 aliphatic heterocycles. The molecule has 0 spiro atoms. The van der Waals surface area contributed by atoms with Crippen molar-refractivity contribution in [2.24, 2.45) is 0 Å². The number of amides is 1. The minimum Gasteiger partial charge on any atom is -0.399 e. The van der Waals surface area contributed by atoms with Gasteiger partial charge in [-0.2, -0.15) is 0 Å². The second-order valence-corrected chi connectivity index (χ2v) is 6.79. The van der Waals surface area contributed by atoms with Crippen LogP contribution in [0.2, 0.25) is 5.02 Å². The average Bonchev–Trinajstić information content (AvgIpc) is 2.41. The number of benzene rings is 2. The van der Waals surface area contributed by atoms with E-state index in [0.717, 1.165) is 20.6 Å². The highest BCUT2D eigenvalue weighted by molar-refractivity contribution is 9.10. The summed E-state index contributed by atoms with van der Waals surface area (Å²) in [5, 5.41) is 3.54. The fourth-order valence-corrected chi connectivity index (χ4v) is 3.42. The summed E-state index contributed by atoms with van der Waals surface area (Å²) in [6.45, 7) is 1.91. The minimum absolute atomic E-state index is 0.0610. The van der Waals surface area contributed by atoms with Gasteiger partial charge >= 0.3 is 0 Å². The van der Waals surface area contributed by atoms with Crippen LogP contribution >= 0.6 is 39.3 Å². The molecule has 0 saturated carbocycles. The minimum atomic E-state index is -0.0610. The quantitative estimate of drug-likeness (QED) is 0.591. The van der Waals surface area contributed by atoms with Crippen LogP contribution in [0.25, 0.3) is 0 Å². The van der Waals surface area contributed by atoms with Crippen LogP contribution in [-0.2, 0) is 4.79 Å². The molecular weight excluding hydrogens is 372 g/mol. The van der Waals surface area contributed by atoms with Crippen molar-refractivity contribution in [1.82, 2.24) is 0 Å². The third-order valence-electron chi connectivity index (χ3n) is 2.78. The molecule has 3 N–H and O–H groups in total. The lowest BCUT2D eigenvalue weighted by molar-refractivity contribution is -0.113. The molecule has 0 fully saturated rings. The summed E-state index contributed by atoms with van der Waals surface area (Å²) < 4.78 is 0.892. The number of rotatable bonds is 4. The van der Waals surface area contributed by atoms with E-state index in [2.05, 4.69) is 21.2 Å². The van der Waals surface area contributed by atoms with Crippen LogP contribution in [0.1, 0.15) is 5.56 Å². The lowest BCUT2D eigenvalue weighted by Crippen LogP contribution is -2.14. The maximum absolute atomic E-state index is 12.0. The lowest BCUT2D eigenvalue weighted by Gasteiger charge is -2.09. The van der Waals surface area contributed by atoms with Crippen molar-refractivity contribution in [3.8, 4) is 0 Å². The Morgan fingerprint density at radius 2 is 2.10 bits per heavy atom. The smallest absolute Gasteiger partial charge is 0.234 e. The van der Waals surface area contributed by atoms with Gasteiger partial charge in [0.15, 0.2) is 0 Å². The highest BCUT2D eigenvalue weighted by atomic mass is 79.9. The number of anilines is 2. The topological polar surface area (TPSA) is 55.1 Å². The molecular formula is C15H14BrClN2OS. The summed E-state index contributed by atoms with van der Waals surface area (Å²) in [6, 6.07) is 10.9. The van der Waals surface area contributed by atoms with Gasteiger partial charge in [-0.05, 0) is 64.8 Å². The normalized spacial score (nSPS) is 10.4. The van der Waals surface area contributed by atoms with Gasteiger partial charge in [-0.1, -0.05) is 11.6 Å². The first kappa shape index (κ1) is 16.2. The average molecular weight is 386 g/mol. The van der Waals surface area contributed by atoms with Gasteiger partial charge in [0.05, 0.1) is 5.75 Å². The maximum Gasteiger partial charge on any atom is 0.234 e. The van der Waals surface area contributed by atoms with Crippen LogP contribution in [0.4, 0.5) is 11.4 Å². The molecule has 0 atom stereocenters. The lowest BCUT2D eigenvalue weighted by atomic mass is 10.2. The SMILES string of the molecule is Cc1cc(Cl)ccc1NC(=O)CSc1ccc(N)cc1Br. The third kappa shape index (κ3) is 4.66. The molecule has 0 radical (unpaired) electrons. The summed E-state index contributed by atoms with van der Waals surface area (Å²) in [7, 11) is 0. The van der Waals surface area contributed by atoms with Crippen molar-refractivity contribution in [3.63, 3.8) is 0 Å². The standard InChI is InChI=1S/C15H14BrClN2OS/c1-9-6-10(17)2-4-13(9)19-15(20)8-21-14-5-3-11(18)7-12(14)16/h2-7H,8,18H2,1H3,(H,19,20). The predicted molar refractivity (Wildman–Crippen MR) is 94.1 cm³/mol. The molecule has 0 saturated heterocycles. The predicted octanol–water partition coefficient (Wildman–Crippen LogP) is 4.72. The number of nitrogens with two attached hydrogens (primary N) is 1. The number of thioether (sulfide) groups is 1. The fraction of sp³-hybridized carbons (Fsp3) is 0.133. The molecule has 110 valence electrons. The number of halogens is 2. The zero-order valence-corrected chi connectivity index (χ0v) is 14.5. The van der Waals surface area contributed by atoms with Crippen molar-refractivity contribution in [1.29, 1.82) is 0 Å². The number of hydrogen-bond donors (Lipinski definition) is 2. The van der Waals surface area contributed by atoms with Crippen molar-refractivity contribution in [3.05, 3.63) is 51.5 Å². The zero-order valence-electron chi connectivity index (χ0n) is 11.3. The molecule has 0 bridgehead atoms. The Bertz CT molecular complexity index is 679. The molecule has 1 amide bonds. The van der Waals surface area contributed by atoms with Crippen LogP contribution in [0.15, 0.2) is 45.8 Å². The van der Waals surface area contributed by atoms with Crippen molar-refractivity contribution >= 4 is 56.6 Å². The van der Waals surface area contributed by atoms with Crippen LogP contribution in [0.3, 0.4) is 0 Å². The number of carbonyl (C=O) groups excluding carboxylic acids is 1. The molecule has 6 heteroatoms. The zero-order chi connectivity index (χ0) is 15.4. The first-order valence-corrected chi connectivity index (χ1v) is 8.35.